The summed E-state index contributed by atoms with van der Waals surface area (Å²) in [5, 5.41) is 4.27. The number of aromatic nitrogens is 4. The molecule has 2 aromatic heterocycles. The monoisotopic (exact) mass is 402 g/mol. The molecule has 0 aliphatic carbocycles. The lowest BCUT2D eigenvalue weighted by Crippen LogP contribution is -2.37. The lowest BCUT2D eigenvalue weighted by Gasteiger charge is -2.09. The molecule has 2 heterocycles. The van der Waals surface area contributed by atoms with Crippen LogP contribution in [0.5, 0.6) is 0 Å². The summed E-state index contributed by atoms with van der Waals surface area (Å²) < 4.78 is 4.26. The van der Waals surface area contributed by atoms with Crippen molar-refractivity contribution in [3.8, 4) is 0 Å². The van der Waals surface area contributed by atoms with E-state index < -0.39 is 5.69 Å². The molecule has 0 unspecified atom stereocenters. The number of fused-ring (bicyclic) bond motifs is 1. The highest BCUT2D eigenvalue weighted by molar-refractivity contribution is 5.80. The van der Waals surface area contributed by atoms with Crippen LogP contribution < -0.4 is 16.7 Å². The molecule has 4 aromatic rings. The molecule has 0 atom stereocenters. The van der Waals surface area contributed by atoms with E-state index in [-0.39, 0.29) is 5.56 Å². The fourth-order valence-electron chi connectivity index (χ4n) is 3.34. The molecule has 4 rings (SSSR count). The molecule has 0 saturated heterocycles. The molecule has 0 radical (unpaired) electrons. The maximum atomic E-state index is 12.9. The van der Waals surface area contributed by atoms with E-state index in [0.29, 0.717) is 30.1 Å². The van der Waals surface area contributed by atoms with Crippen molar-refractivity contribution in [2.24, 2.45) is 19.2 Å². The summed E-state index contributed by atoms with van der Waals surface area (Å²) in [6, 6.07) is 19.6. The number of rotatable bonds is 6. The summed E-state index contributed by atoms with van der Waals surface area (Å²) in [5.74, 6) is 0.409. The van der Waals surface area contributed by atoms with Crippen LogP contribution in [0.3, 0.4) is 0 Å². The minimum Gasteiger partial charge on any atom is -0.303 e. The Kier molecular flexibility index (Phi) is 5.30. The van der Waals surface area contributed by atoms with Crippen molar-refractivity contribution in [1.82, 2.24) is 18.7 Å². The van der Waals surface area contributed by atoms with Gasteiger partial charge in [-0.15, -0.1) is 0 Å². The number of benzene rings is 2. The molecule has 0 fully saturated rings. The van der Waals surface area contributed by atoms with Gasteiger partial charge in [-0.05, 0) is 17.5 Å². The van der Waals surface area contributed by atoms with E-state index in [0.717, 1.165) is 15.7 Å². The summed E-state index contributed by atoms with van der Waals surface area (Å²) in [6.45, 7) is 0.511. The highest BCUT2D eigenvalue weighted by atomic mass is 16.2. The Morgan fingerprint density at radius 3 is 2.33 bits per heavy atom. The molecule has 0 aliphatic rings. The number of hydrogen-bond acceptors (Lipinski definition) is 5. The van der Waals surface area contributed by atoms with Crippen molar-refractivity contribution >= 4 is 23.3 Å². The van der Waals surface area contributed by atoms with E-state index in [1.165, 1.54) is 11.6 Å². The molecule has 0 saturated carbocycles. The van der Waals surface area contributed by atoms with Gasteiger partial charge in [0.1, 0.15) is 0 Å². The second-order valence-electron chi connectivity index (χ2n) is 6.98. The van der Waals surface area contributed by atoms with Gasteiger partial charge in [0.05, 0.1) is 6.21 Å². The van der Waals surface area contributed by atoms with E-state index in [2.05, 4.69) is 15.5 Å². The van der Waals surface area contributed by atoms with Gasteiger partial charge in [0, 0.05) is 20.6 Å². The molecule has 8 heteroatoms. The Hall–Kier alpha value is -3.94. The first-order valence-electron chi connectivity index (χ1n) is 9.60. The average Bonchev–Trinajstić information content (AvgIpc) is 3.15. The van der Waals surface area contributed by atoms with E-state index in [1.807, 2.05) is 60.7 Å². The van der Waals surface area contributed by atoms with Gasteiger partial charge in [-0.3, -0.25) is 13.9 Å². The summed E-state index contributed by atoms with van der Waals surface area (Å²) in [5.41, 5.74) is 4.91. The Morgan fingerprint density at radius 2 is 1.63 bits per heavy atom. The normalized spacial score (nSPS) is 11.4. The number of anilines is 1. The summed E-state index contributed by atoms with van der Waals surface area (Å²) in [7, 11) is 3.08. The van der Waals surface area contributed by atoms with Crippen LogP contribution in [0, 0.1) is 0 Å². The molecule has 0 aliphatic heterocycles. The smallest absolute Gasteiger partial charge is 0.303 e. The second kappa shape index (κ2) is 8.20. The first kappa shape index (κ1) is 19.4. The van der Waals surface area contributed by atoms with Crippen LogP contribution in [0.1, 0.15) is 11.1 Å². The minimum absolute atomic E-state index is 0.327. The van der Waals surface area contributed by atoms with Crippen LogP contribution in [0.25, 0.3) is 11.2 Å². The summed E-state index contributed by atoms with van der Waals surface area (Å²) >= 11 is 0. The molecule has 1 N–H and O–H groups in total. The van der Waals surface area contributed by atoms with Gasteiger partial charge in [-0.2, -0.15) is 10.1 Å². The third kappa shape index (κ3) is 3.67. The first-order chi connectivity index (χ1) is 14.6. The summed E-state index contributed by atoms with van der Waals surface area (Å²) in [6.07, 6.45) is 2.38. The lowest BCUT2D eigenvalue weighted by atomic mass is 10.1. The Labute approximate surface area is 172 Å². The van der Waals surface area contributed by atoms with E-state index in [1.54, 1.807) is 17.8 Å². The third-order valence-electron chi connectivity index (χ3n) is 4.99. The molecular formula is C22H22N6O2. The highest BCUT2D eigenvalue weighted by Crippen LogP contribution is 2.17. The molecule has 2 aromatic carbocycles. The molecular weight excluding hydrogens is 380 g/mol. The number of hydrazone groups is 1. The van der Waals surface area contributed by atoms with Crippen molar-refractivity contribution in [2.75, 3.05) is 5.43 Å². The van der Waals surface area contributed by atoms with Gasteiger partial charge in [0.15, 0.2) is 11.2 Å². The van der Waals surface area contributed by atoms with Crippen molar-refractivity contribution in [3.05, 3.63) is 92.6 Å². The van der Waals surface area contributed by atoms with Gasteiger partial charge < -0.3 is 4.57 Å². The first-order valence-corrected chi connectivity index (χ1v) is 9.60. The number of nitrogens with zero attached hydrogens (tertiary/aromatic N) is 5. The van der Waals surface area contributed by atoms with Crippen LogP contribution in [0.4, 0.5) is 5.95 Å². The highest BCUT2D eigenvalue weighted by Gasteiger charge is 2.18. The van der Waals surface area contributed by atoms with Gasteiger partial charge in [0.2, 0.25) is 5.95 Å². The van der Waals surface area contributed by atoms with E-state index in [9.17, 15) is 9.59 Å². The predicted molar refractivity (Wildman–Crippen MR) is 118 cm³/mol. The van der Waals surface area contributed by atoms with Crippen molar-refractivity contribution in [3.63, 3.8) is 0 Å². The van der Waals surface area contributed by atoms with E-state index >= 15 is 0 Å². The van der Waals surface area contributed by atoms with Gasteiger partial charge >= 0.3 is 5.69 Å². The van der Waals surface area contributed by atoms with Crippen molar-refractivity contribution in [2.45, 2.75) is 13.0 Å². The molecule has 0 amide bonds. The molecule has 0 spiro atoms. The topological polar surface area (TPSA) is 86.2 Å². The van der Waals surface area contributed by atoms with Gasteiger partial charge in [0.25, 0.3) is 5.56 Å². The summed E-state index contributed by atoms with van der Waals surface area (Å²) in [4.78, 5) is 29.7. The fourth-order valence-corrected chi connectivity index (χ4v) is 3.34. The molecule has 0 bridgehead atoms. The maximum Gasteiger partial charge on any atom is 0.332 e. The number of nitrogens with one attached hydrogen (secondary N) is 1. The Balaban J connectivity index is 1.76. The maximum absolute atomic E-state index is 12.9. The standard InChI is InChI=1S/C22H22N6O2/c1-26-19-18(20(29)27(2)22(26)30)28(14-13-16-9-5-3-6-10-16)21(24-19)25-23-15-17-11-7-4-8-12-17/h3-12,15H,13-14H2,1-2H3,(H,24,25)/b23-15+. The van der Waals surface area contributed by atoms with Crippen molar-refractivity contribution in [1.29, 1.82) is 0 Å². The van der Waals surface area contributed by atoms with Crippen LogP contribution >= 0.6 is 0 Å². The molecule has 152 valence electrons. The quantitative estimate of drug-likeness (QED) is 0.395. The minimum atomic E-state index is -0.417. The zero-order chi connectivity index (χ0) is 21.1. The lowest BCUT2D eigenvalue weighted by molar-refractivity contribution is 0.687. The largest absolute Gasteiger partial charge is 0.332 e. The van der Waals surface area contributed by atoms with E-state index in [4.69, 9.17) is 0 Å². The van der Waals surface area contributed by atoms with Crippen LogP contribution in [0.2, 0.25) is 0 Å². The zero-order valence-corrected chi connectivity index (χ0v) is 16.8. The fraction of sp³-hybridized carbons (Fsp3) is 0.182. The van der Waals surface area contributed by atoms with Gasteiger partial charge in [-0.25, -0.2) is 10.2 Å². The zero-order valence-electron chi connectivity index (χ0n) is 16.8. The number of hydrogen-bond donors (Lipinski definition) is 1. The van der Waals surface area contributed by atoms with Gasteiger partial charge in [-0.1, -0.05) is 60.7 Å². The number of imidazole rings is 1. The average molecular weight is 402 g/mol. The SMILES string of the molecule is Cn1c(=O)c2c(nc(N/N=C/c3ccccc3)n2CCc2ccccc2)n(C)c1=O. The number of aryl methyl sites for hydroxylation is 3. The van der Waals surface area contributed by atoms with Crippen LogP contribution in [-0.4, -0.2) is 24.9 Å². The third-order valence-corrected chi connectivity index (χ3v) is 4.99. The van der Waals surface area contributed by atoms with Crippen molar-refractivity contribution < 1.29 is 0 Å². The Bertz CT molecular complexity index is 1320. The molecule has 30 heavy (non-hydrogen) atoms. The second-order valence-corrected chi connectivity index (χ2v) is 6.98. The molecule has 8 nitrogen and oxygen atoms in total. The predicted octanol–water partition coefficient (Wildman–Crippen LogP) is 2.12. The van der Waals surface area contributed by atoms with Crippen LogP contribution in [-0.2, 0) is 27.1 Å². The Morgan fingerprint density at radius 1 is 0.967 bits per heavy atom. The van der Waals surface area contributed by atoms with Crippen LogP contribution in [0.15, 0.2) is 75.4 Å².